The molecule has 0 saturated heterocycles. The number of pyridine rings is 2. The number of benzene rings is 1. The SMILES string of the molecule is O=C(NCC#CCOc1ccc2cccnc2c1)c1ccc(=O)[nH]c1. The van der Waals surface area contributed by atoms with Crippen molar-refractivity contribution in [1.82, 2.24) is 15.3 Å². The number of nitrogens with zero attached hydrogens (tertiary/aromatic N) is 1. The number of amides is 1. The van der Waals surface area contributed by atoms with Crippen LogP contribution in [0, 0.1) is 11.8 Å². The largest absolute Gasteiger partial charge is 0.481 e. The van der Waals surface area contributed by atoms with Gasteiger partial charge in [0, 0.05) is 29.9 Å². The van der Waals surface area contributed by atoms with Crippen LogP contribution in [0.3, 0.4) is 0 Å². The lowest BCUT2D eigenvalue weighted by molar-refractivity contribution is 0.0958. The molecular formula is C19H15N3O3. The van der Waals surface area contributed by atoms with Gasteiger partial charge in [0.25, 0.3) is 5.91 Å². The van der Waals surface area contributed by atoms with E-state index in [2.05, 4.69) is 27.1 Å². The van der Waals surface area contributed by atoms with Crippen molar-refractivity contribution in [3.8, 4) is 17.6 Å². The maximum Gasteiger partial charge on any atom is 0.253 e. The Morgan fingerprint density at radius 1 is 1.20 bits per heavy atom. The zero-order valence-corrected chi connectivity index (χ0v) is 13.3. The first-order valence-electron chi connectivity index (χ1n) is 7.62. The van der Waals surface area contributed by atoms with Crippen LogP contribution >= 0.6 is 0 Å². The molecule has 0 bridgehead atoms. The Morgan fingerprint density at radius 2 is 2.12 bits per heavy atom. The van der Waals surface area contributed by atoms with Crippen LogP contribution in [-0.2, 0) is 0 Å². The van der Waals surface area contributed by atoms with Gasteiger partial charge in [-0.15, -0.1) is 0 Å². The molecule has 0 fully saturated rings. The molecule has 0 spiro atoms. The molecule has 6 heteroatoms. The van der Waals surface area contributed by atoms with Gasteiger partial charge in [0.05, 0.1) is 17.6 Å². The van der Waals surface area contributed by atoms with Gasteiger partial charge in [0.1, 0.15) is 12.4 Å². The molecule has 3 rings (SSSR count). The fourth-order valence-electron chi connectivity index (χ4n) is 2.15. The minimum Gasteiger partial charge on any atom is -0.481 e. The van der Waals surface area contributed by atoms with E-state index >= 15 is 0 Å². The first kappa shape index (κ1) is 16.3. The van der Waals surface area contributed by atoms with Crippen LogP contribution in [0.1, 0.15) is 10.4 Å². The second-order valence-corrected chi connectivity index (χ2v) is 5.12. The van der Waals surface area contributed by atoms with Crippen LogP contribution in [-0.4, -0.2) is 29.0 Å². The Kier molecular flexibility index (Phi) is 5.07. The number of ether oxygens (including phenoxy) is 1. The van der Waals surface area contributed by atoms with Gasteiger partial charge in [-0.2, -0.15) is 0 Å². The van der Waals surface area contributed by atoms with Gasteiger partial charge in [0.2, 0.25) is 5.56 Å². The minimum atomic E-state index is -0.299. The number of aromatic amines is 1. The van der Waals surface area contributed by atoms with E-state index in [0.717, 1.165) is 10.9 Å². The highest BCUT2D eigenvalue weighted by Gasteiger charge is 2.02. The van der Waals surface area contributed by atoms with Gasteiger partial charge >= 0.3 is 0 Å². The molecule has 124 valence electrons. The second-order valence-electron chi connectivity index (χ2n) is 5.12. The molecule has 2 aromatic heterocycles. The van der Waals surface area contributed by atoms with Crippen molar-refractivity contribution in [3.63, 3.8) is 0 Å². The summed E-state index contributed by atoms with van der Waals surface area (Å²) in [6.45, 7) is 0.410. The molecule has 0 aliphatic heterocycles. The molecule has 3 aromatic rings. The van der Waals surface area contributed by atoms with Crippen molar-refractivity contribution >= 4 is 16.8 Å². The molecule has 1 amide bonds. The van der Waals surface area contributed by atoms with Gasteiger partial charge in [-0.1, -0.05) is 17.9 Å². The van der Waals surface area contributed by atoms with E-state index < -0.39 is 0 Å². The van der Waals surface area contributed by atoms with Crippen molar-refractivity contribution in [2.24, 2.45) is 0 Å². The van der Waals surface area contributed by atoms with Gasteiger partial charge < -0.3 is 15.0 Å². The highest BCUT2D eigenvalue weighted by atomic mass is 16.5. The smallest absolute Gasteiger partial charge is 0.253 e. The van der Waals surface area contributed by atoms with E-state index in [0.29, 0.717) is 11.3 Å². The topological polar surface area (TPSA) is 84.1 Å². The molecule has 0 unspecified atom stereocenters. The number of nitrogens with one attached hydrogen (secondary N) is 2. The summed E-state index contributed by atoms with van der Waals surface area (Å²) in [6, 6.07) is 12.3. The normalized spacial score (nSPS) is 9.92. The number of hydrogen-bond acceptors (Lipinski definition) is 4. The van der Waals surface area contributed by atoms with E-state index in [9.17, 15) is 9.59 Å². The van der Waals surface area contributed by atoms with Gasteiger partial charge in [-0.05, 0) is 24.3 Å². The van der Waals surface area contributed by atoms with Crippen molar-refractivity contribution in [3.05, 3.63) is 70.8 Å². The predicted octanol–water partition coefficient (Wildman–Crippen LogP) is 1.74. The first-order chi connectivity index (χ1) is 12.2. The summed E-state index contributed by atoms with van der Waals surface area (Å²) in [6.07, 6.45) is 3.10. The molecule has 2 N–H and O–H groups in total. The van der Waals surface area contributed by atoms with Gasteiger partial charge in [0.15, 0.2) is 0 Å². The average Bonchev–Trinajstić information content (AvgIpc) is 2.65. The standard InChI is InChI=1S/C19H15N3O3/c23-18-8-6-15(13-22-18)19(24)21-9-1-2-11-25-16-7-5-14-4-3-10-20-17(14)12-16/h3-8,10,12-13H,9,11H2,(H,21,24)(H,22,23). The second kappa shape index (κ2) is 7.79. The van der Waals surface area contributed by atoms with Crippen LogP contribution in [0.15, 0.2) is 59.7 Å². The fraction of sp³-hybridized carbons (Fsp3) is 0.105. The lowest BCUT2D eigenvalue weighted by Crippen LogP contribution is -2.24. The number of aromatic nitrogens is 2. The highest BCUT2D eigenvalue weighted by molar-refractivity contribution is 5.93. The summed E-state index contributed by atoms with van der Waals surface area (Å²) in [7, 11) is 0. The third-order valence-electron chi connectivity index (χ3n) is 3.40. The monoisotopic (exact) mass is 333 g/mol. The highest BCUT2D eigenvalue weighted by Crippen LogP contribution is 2.18. The Labute approximate surface area is 143 Å². The van der Waals surface area contributed by atoms with Crippen molar-refractivity contribution in [2.45, 2.75) is 0 Å². The summed E-state index contributed by atoms with van der Waals surface area (Å²) >= 11 is 0. The predicted molar refractivity (Wildman–Crippen MR) is 94.4 cm³/mol. The Balaban J connectivity index is 1.47. The molecular weight excluding hydrogens is 318 g/mol. The van der Waals surface area contributed by atoms with Crippen molar-refractivity contribution in [2.75, 3.05) is 13.2 Å². The molecule has 6 nitrogen and oxygen atoms in total. The van der Waals surface area contributed by atoms with Crippen LogP contribution in [0.2, 0.25) is 0 Å². The van der Waals surface area contributed by atoms with E-state index in [-0.39, 0.29) is 24.6 Å². The molecule has 0 saturated carbocycles. The maximum atomic E-state index is 11.8. The quantitative estimate of drug-likeness (QED) is 0.712. The fourth-order valence-corrected chi connectivity index (χ4v) is 2.15. The number of carbonyl (C=O) groups is 1. The van der Waals surface area contributed by atoms with Crippen molar-refractivity contribution < 1.29 is 9.53 Å². The number of fused-ring (bicyclic) bond motifs is 1. The van der Waals surface area contributed by atoms with Crippen LogP contribution in [0.25, 0.3) is 10.9 Å². The van der Waals surface area contributed by atoms with Crippen molar-refractivity contribution in [1.29, 1.82) is 0 Å². The number of rotatable bonds is 4. The Bertz CT molecular complexity index is 995. The molecule has 0 radical (unpaired) electrons. The van der Waals surface area contributed by atoms with Gasteiger partial charge in [-0.25, -0.2) is 0 Å². The third kappa shape index (κ3) is 4.45. The third-order valence-corrected chi connectivity index (χ3v) is 3.40. The summed E-state index contributed by atoms with van der Waals surface area (Å²) in [4.78, 5) is 29.4. The summed E-state index contributed by atoms with van der Waals surface area (Å²) < 4.78 is 5.55. The molecule has 0 atom stereocenters. The maximum absolute atomic E-state index is 11.8. The molecule has 1 aromatic carbocycles. The number of carbonyl (C=O) groups excluding carboxylic acids is 1. The lowest BCUT2D eigenvalue weighted by atomic mass is 10.2. The van der Waals surface area contributed by atoms with E-state index in [1.165, 1.54) is 18.3 Å². The van der Waals surface area contributed by atoms with Crippen LogP contribution in [0.4, 0.5) is 0 Å². The minimum absolute atomic E-state index is 0.195. The van der Waals surface area contributed by atoms with E-state index in [1.54, 1.807) is 6.20 Å². The first-order valence-corrected chi connectivity index (χ1v) is 7.62. The molecule has 25 heavy (non-hydrogen) atoms. The van der Waals surface area contributed by atoms with Gasteiger partial charge in [-0.3, -0.25) is 14.6 Å². The average molecular weight is 333 g/mol. The van der Waals surface area contributed by atoms with Crippen LogP contribution < -0.4 is 15.6 Å². The summed E-state index contributed by atoms with van der Waals surface area (Å²) in [5, 5.41) is 3.69. The summed E-state index contributed by atoms with van der Waals surface area (Å²) in [5.41, 5.74) is 0.986. The summed E-state index contributed by atoms with van der Waals surface area (Å²) in [5.74, 6) is 6.04. The number of hydrogen-bond donors (Lipinski definition) is 2. The number of H-pyrrole nitrogens is 1. The molecule has 0 aliphatic carbocycles. The molecule has 0 aliphatic rings. The zero-order chi connectivity index (χ0) is 17.5. The lowest BCUT2D eigenvalue weighted by Gasteiger charge is -2.03. The Morgan fingerprint density at radius 3 is 2.96 bits per heavy atom. The van der Waals surface area contributed by atoms with Crippen LogP contribution in [0.5, 0.6) is 5.75 Å². The van der Waals surface area contributed by atoms with E-state index in [1.807, 2.05) is 30.3 Å². The van der Waals surface area contributed by atoms with E-state index in [4.69, 9.17) is 4.74 Å². The zero-order valence-electron chi connectivity index (χ0n) is 13.3. The Hall–Kier alpha value is -3.59. The molecule has 2 heterocycles.